The zero-order valence-electron chi connectivity index (χ0n) is 12.3. The molecule has 1 fully saturated rings. The summed E-state index contributed by atoms with van der Waals surface area (Å²) >= 11 is 0. The molecule has 1 heterocycles. The van der Waals surface area contributed by atoms with Crippen molar-refractivity contribution in [2.75, 3.05) is 11.5 Å². The molecule has 2 heteroatoms. The van der Waals surface area contributed by atoms with E-state index in [0.29, 0.717) is 10.9 Å². The Morgan fingerprint density at radius 3 is 2.45 bits per heavy atom. The van der Waals surface area contributed by atoms with Crippen LogP contribution in [0, 0.1) is 44.1 Å². The number of benzene rings is 2. The average molecular weight is 509 g/mol. The van der Waals surface area contributed by atoms with Crippen LogP contribution in [0.15, 0.2) is 41.3 Å². The van der Waals surface area contributed by atoms with Crippen molar-refractivity contribution in [2.24, 2.45) is 0 Å². The molecule has 1 aliphatic heterocycles. The van der Waals surface area contributed by atoms with E-state index in [-0.39, 0.29) is 31.1 Å². The third-order valence-corrected chi connectivity index (χ3v) is 5.90. The van der Waals surface area contributed by atoms with Crippen LogP contribution in [0.2, 0.25) is 0 Å². The monoisotopic (exact) mass is 509 g/mol. The molecule has 0 amide bonds. The van der Waals surface area contributed by atoms with Crippen molar-refractivity contribution in [1.29, 1.82) is 0 Å². The minimum atomic E-state index is 0. The summed E-state index contributed by atoms with van der Waals surface area (Å²) in [6.07, 6.45) is 5.10. The summed E-state index contributed by atoms with van der Waals surface area (Å²) in [6.45, 7) is 5.72. The fourth-order valence-electron chi connectivity index (χ4n) is 2.25. The Bertz CT molecular complexity index is 496. The molecule has 0 radical (unpaired) electrons. The molecule has 0 aromatic heterocycles. The number of fused-ring (bicyclic) bond motifs is 1. The Morgan fingerprint density at radius 2 is 1.80 bits per heavy atom. The van der Waals surface area contributed by atoms with Gasteiger partial charge in [0, 0.05) is 10.9 Å². The summed E-state index contributed by atoms with van der Waals surface area (Å²) in [6, 6.07) is 16.3. The molecule has 20 heavy (non-hydrogen) atoms. The molecule has 104 valence electrons. The molecule has 0 bridgehead atoms. The molecule has 0 spiro atoms. The first-order valence-electron chi connectivity index (χ1n) is 7.23. The first-order chi connectivity index (χ1) is 9.36. The van der Waals surface area contributed by atoms with E-state index in [1.54, 1.807) is 4.90 Å². The van der Waals surface area contributed by atoms with Crippen LogP contribution in [-0.2, 0) is 10.9 Å². The van der Waals surface area contributed by atoms with Gasteiger partial charge in [-0.1, -0.05) is 36.9 Å². The van der Waals surface area contributed by atoms with Crippen LogP contribution in [0.3, 0.4) is 0 Å². The summed E-state index contributed by atoms with van der Waals surface area (Å²) in [4.78, 5) is 1.57. The zero-order chi connectivity index (χ0) is 13.5. The average Bonchev–Trinajstić information content (AvgIpc) is 3.01. The Morgan fingerprint density at radius 1 is 1.15 bits per heavy atom. The maximum absolute atomic E-state index is 3.60. The van der Waals surface area contributed by atoms with Gasteiger partial charge in [0.25, 0.3) is 0 Å². The zero-order valence-corrected chi connectivity index (χ0v) is 17.3. The summed E-state index contributed by atoms with van der Waals surface area (Å²) in [7, 11) is 0.515. The maximum atomic E-state index is 3.60. The van der Waals surface area contributed by atoms with Gasteiger partial charge in [-0.05, 0) is 12.8 Å². The summed E-state index contributed by atoms with van der Waals surface area (Å²) in [5.41, 5.74) is 0. The Kier molecular flexibility index (Phi) is 9.02. The van der Waals surface area contributed by atoms with E-state index in [9.17, 15) is 0 Å². The molecule has 1 aliphatic rings. The molecule has 0 N–H and O–H groups in total. The van der Waals surface area contributed by atoms with Crippen molar-refractivity contribution in [3.63, 3.8) is 0 Å². The maximum Gasteiger partial charge on any atom is 2.00 e. The van der Waals surface area contributed by atoms with Gasteiger partial charge >= 0.3 is 31.1 Å². The van der Waals surface area contributed by atoms with Gasteiger partial charge in [-0.3, -0.25) is 0 Å². The minimum Gasteiger partial charge on any atom is -0.343 e. The van der Waals surface area contributed by atoms with E-state index in [2.05, 4.69) is 56.3 Å². The molecule has 2 aromatic carbocycles. The van der Waals surface area contributed by atoms with Crippen LogP contribution >= 0.6 is 0 Å². The fraction of sp³-hybridized carbons (Fsp3) is 0.389. The van der Waals surface area contributed by atoms with Crippen LogP contribution < -0.4 is 0 Å². The van der Waals surface area contributed by atoms with Crippen molar-refractivity contribution < 1.29 is 31.1 Å². The van der Waals surface area contributed by atoms with Gasteiger partial charge in [-0.25, -0.2) is 0 Å². The van der Waals surface area contributed by atoms with E-state index >= 15 is 0 Å². The second-order valence-electron chi connectivity index (χ2n) is 4.85. The second kappa shape index (κ2) is 9.93. The van der Waals surface area contributed by atoms with Crippen LogP contribution in [0.4, 0.5) is 0 Å². The third-order valence-electron chi connectivity index (χ3n) is 3.36. The van der Waals surface area contributed by atoms with Crippen molar-refractivity contribution in [3.8, 4) is 0 Å². The second-order valence-corrected chi connectivity index (χ2v) is 7.09. The summed E-state index contributed by atoms with van der Waals surface area (Å²) in [5.74, 6) is 2.79. The van der Waals surface area contributed by atoms with Gasteiger partial charge in [-0.15, -0.1) is 29.7 Å². The standard InChI is InChI=1S/C14H14S.C4H9.U/c1-2-8-13-12(6-1)7-5-9-14(13)15-10-3-4-11-15;1-3-4-2;/h1-2,5-6,8-9H,3-4,10-11H2;1,3-4H2,2H3;/q;-1;+2. The third kappa shape index (κ3) is 4.83. The summed E-state index contributed by atoms with van der Waals surface area (Å²) in [5, 5.41) is 2.69. The van der Waals surface area contributed by atoms with Crippen LogP contribution in [0.1, 0.15) is 32.6 Å². The van der Waals surface area contributed by atoms with E-state index in [1.807, 2.05) is 0 Å². The van der Waals surface area contributed by atoms with E-state index in [0.717, 1.165) is 6.42 Å². The van der Waals surface area contributed by atoms with Gasteiger partial charge in [-0.2, -0.15) is 6.42 Å². The SMILES string of the molecule is [CH2-]CCC.[U+2].[c-]1ccc([S+]2CCCC2)c2ccccc12. The van der Waals surface area contributed by atoms with E-state index in [1.165, 1.54) is 41.5 Å². The molecule has 0 nitrogen and oxygen atoms in total. The topological polar surface area (TPSA) is 0 Å². The molecule has 0 aliphatic carbocycles. The molecular formula is C18H23SU+. The fourth-order valence-corrected chi connectivity index (χ4v) is 4.75. The van der Waals surface area contributed by atoms with Gasteiger partial charge in [0.2, 0.25) is 0 Å². The van der Waals surface area contributed by atoms with Crippen molar-refractivity contribution in [2.45, 2.75) is 37.5 Å². The van der Waals surface area contributed by atoms with Crippen LogP contribution in [0.25, 0.3) is 10.8 Å². The summed E-state index contributed by atoms with van der Waals surface area (Å²) < 4.78 is 0. The van der Waals surface area contributed by atoms with E-state index < -0.39 is 0 Å². The van der Waals surface area contributed by atoms with Gasteiger partial charge < -0.3 is 6.92 Å². The largest absolute Gasteiger partial charge is 2.00 e. The molecular weight excluding hydrogens is 486 g/mol. The number of unbranched alkanes of at least 4 members (excludes halogenated alkanes) is 1. The first-order valence-corrected chi connectivity index (χ1v) is 8.79. The Hall–Kier alpha value is 0.102. The number of hydrogen-bond acceptors (Lipinski definition) is 0. The van der Waals surface area contributed by atoms with Crippen molar-refractivity contribution >= 4 is 21.7 Å². The van der Waals surface area contributed by atoms with Gasteiger partial charge in [0.1, 0.15) is 11.5 Å². The van der Waals surface area contributed by atoms with Gasteiger partial charge in [0.15, 0.2) is 0 Å². The molecule has 0 unspecified atom stereocenters. The smallest absolute Gasteiger partial charge is 0.343 e. The predicted molar refractivity (Wildman–Crippen MR) is 87.6 cm³/mol. The molecule has 3 rings (SSSR count). The quantitative estimate of drug-likeness (QED) is 0.394. The van der Waals surface area contributed by atoms with E-state index in [4.69, 9.17) is 0 Å². The Balaban J connectivity index is 0.000000359. The van der Waals surface area contributed by atoms with Crippen molar-refractivity contribution in [3.05, 3.63) is 49.4 Å². The number of hydrogen-bond donors (Lipinski definition) is 0. The predicted octanol–water partition coefficient (Wildman–Crippen LogP) is 5.03. The molecule has 2 aromatic rings. The first kappa shape index (κ1) is 18.2. The van der Waals surface area contributed by atoms with Crippen LogP contribution in [0.5, 0.6) is 0 Å². The molecule has 0 saturated carbocycles. The molecule has 1 saturated heterocycles. The minimum absolute atomic E-state index is 0. The molecule has 0 atom stereocenters. The van der Waals surface area contributed by atoms with Crippen molar-refractivity contribution in [1.82, 2.24) is 0 Å². The Labute approximate surface area is 150 Å². The normalized spacial score (nSPS) is 14.5. The number of rotatable bonds is 2. The van der Waals surface area contributed by atoms with Gasteiger partial charge in [0.05, 0.1) is 4.90 Å². The van der Waals surface area contributed by atoms with Crippen LogP contribution in [-0.4, -0.2) is 11.5 Å².